The third-order valence-corrected chi connectivity index (χ3v) is 12.4. The normalized spacial score (nSPS) is 48.1. The van der Waals surface area contributed by atoms with Crippen molar-refractivity contribution in [2.75, 3.05) is 6.61 Å². The zero-order valence-corrected chi connectivity index (χ0v) is 22.9. The van der Waals surface area contributed by atoms with Crippen molar-refractivity contribution in [3.05, 3.63) is 45.2 Å². The highest BCUT2D eigenvalue weighted by atomic mass is 32.1. The van der Waals surface area contributed by atoms with E-state index in [1.165, 1.54) is 28.7 Å². The number of aliphatic hydroxyl groups excluding tert-OH is 2. The highest BCUT2D eigenvalue weighted by molar-refractivity contribution is 7.10. The van der Waals surface area contributed by atoms with Gasteiger partial charge in [0.25, 0.3) is 0 Å². The number of carbonyl (C=O) groups is 2. The quantitative estimate of drug-likeness (QED) is 0.574. The zero-order chi connectivity index (χ0) is 27.5. The summed E-state index contributed by atoms with van der Waals surface area (Å²) >= 11 is 1.67. The van der Waals surface area contributed by atoms with Crippen molar-refractivity contribution >= 4 is 22.9 Å². The summed E-state index contributed by atoms with van der Waals surface area (Å²) in [6.07, 6.45) is 3.17. The van der Waals surface area contributed by atoms with Crippen LogP contribution in [0.3, 0.4) is 0 Å². The van der Waals surface area contributed by atoms with Gasteiger partial charge in [0.2, 0.25) is 0 Å². The third kappa shape index (κ3) is 3.03. The molecule has 39 heavy (non-hydrogen) atoms. The predicted octanol–water partition coefficient (Wildman–Crippen LogP) is 4.27. The Morgan fingerprint density at radius 3 is 2.74 bits per heavy atom. The fourth-order valence-corrected chi connectivity index (χ4v) is 10.6. The molecule has 7 rings (SSSR count). The molecule has 1 aromatic heterocycles. The SMILES string of the molecule is C[C@]12C=CC(=O)C=C1[C@@H](F)C[C@H]1[C@@H]3C[C@H]4O[C@@H](c5csc6c5CCCC6)O[C@@]4(C(=O)CO)[C@@]3(C)C[C@H](O)[C@@]12F. The van der Waals surface area contributed by atoms with Crippen molar-refractivity contribution < 1.29 is 38.1 Å². The van der Waals surface area contributed by atoms with Gasteiger partial charge in [0.1, 0.15) is 12.8 Å². The first-order chi connectivity index (χ1) is 18.5. The van der Waals surface area contributed by atoms with E-state index in [1.54, 1.807) is 18.3 Å². The molecular formula is C30H34F2O6S. The van der Waals surface area contributed by atoms with Gasteiger partial charge in [0, 0.05) is 27.2 Å². The van der Waals surface area contributed by atoms with Crippen LogP contribution in [-0.2, 0) is 31.9 Å². The third-order valence-electron chi connectivity index (χ3n) is 11.3. The fraction of sp³-hybridized carbons (Fsp3) is 0.667. The van der Waals surface area contributed by atoms with E-state index >= 15 is 8.78 Å². The molecule has 0 bridgehead atoms. The van der Waals surface area contributed by atoms with Crippen molar-refractivity contribution in [2.45, 2.75) is 94.7 Å². The van der Waals surface area contributed by atoms with Crippen LogP contribution in [-0.4, -0.2) is 58.0 Å². The molecule has 3 saturated carbocycles. The summed E-state index contributed by atoms with van der Waals surface area (Å²) in [6.45, 7) is 2.59. The van der Waals surface area contributed by atoms with Crippen LogP contribution in [0, 0.1) is 22.7 Å². The summed E-state index contributed by atoms with van der Waals surface area (Å²) in [5, 5.41) is 23.8. The van der Waals surface area contributed by atoms with Crippen molar-refractivity contribution in [2.24, 2.45) is 22.7 Å². The fourth-order valence-electron chi connectivity index (χ4n) is 9.42. The van der Waals surface area contributed by atoms with Crippen LogP contribution in [0.25, 0.3) is 0 Å². The largest absolute Gasteiger partial charge is 0.390 e. The van der Waals surface area contributed by atoms with E-state index in [0.29, 0.717) is 0 Å². The second-order valence-electron chi connectivity index (χ2n) is 12.8. The Hall–Kier alpha value is -1.78. The van der Waals surface area contributed by atoms with Crippen LogP contribution >= 0.6 is 11.3 Å². The van der Waals surface area contributed by atoms with E-state index in [-0.39, 0.29) is 24.8 Å². The summed E-state index contributed by atoms with van der Waals surface area (Å²) in [7, 11) is 0. The summed E-state index contributed by atoms with van der Waals surface area (Å²) in [6, 6.07) is 0. The smallest absolute Gasteiger partial charge is 0.193 e. The summed E-state index contributed by atoms with van der Waals surface area (Å²) in [4.78, 5) is 27.0. The van der Waals surface area contributed by atoms with Gasteiger partial charge in [-0.15, -0.1) is 11.3 Å². The highest BCUT2D eigenvalue weighted by Crippen LogP contribution is 2.72. The zero-order valence-electron chi connectivity index (χ0n) is 22.1. The van der Waals surface area contributed by atoms with E-state index in [9.17, 15) is 19.8 Å². The number of thiophene rings is 1. The number of halogens is 2. The molecule has 0 aromatic carbocycles. The molecular weight excluding hydrogens is 526 g/mol. The Morgan fingerprint density at radius 2 is 1.97 bits per heavy atom. The molecule has 6 aliphatic rings. The van der Waals surface area contributed by atoms with Crippen molar-refractivity contribution in [3.8, 4) is 0 Å². The maximum Gasteiger partial charge on any atom is 0.193 e. The van der Waals surface area contributed by atoms with Crippen LogP contribution in [0.5, 0.6) is 0 Å². The number of ether oxygens (including phenoxy) is 2. The summed E-state index contributed by atoms with van der Waals surface area (Å²) in [5.41, 5.74) is -4.28. The van der Waals surface area contributed by atoms with Gasteiger partial charge in [-0.1, -0.05) is 13.0 Å². The van der Waals surface area contributed by atoms with Gasteiger partial charge in [0.15, 0.2) is 29.1 Å². The first-order valence-electron chi connectivity index (χ1n) is 14.0. The van der Waals surface area contributed by atoms with Crippen LogP contribution < -0.4 is 0 Å². The van der Waals surface area contributed by atoms with E-state index in [2.05, 4.69) is 0 Å². The van der Waals surface area contributed by atoms with Gasteiger partial charge in [-0.3, -0.25) is 9.59 Å². The molecule has 2 N–H and O–H groups in total. The molecule has 4 fully saturated rings. The lowest BCUT2D eigenvalue weighted by atomic mass is 9.44. The van der Waals surface area contributed by atoms with Gasteiger partial charge in [-0.05, 0) is 86.5 Å². The number of hydrogen-bond acceptors (Lipinski definition) is 7. The average Bonchev–Trinajstić information content (AvgIpc) is 3.57. The Kier molecular flexibility index (Phi) is 5.62. The minimum atomic E-state index is -2.25. The Morgan fingerprint density at radius 1 is 1.21 bits per heavy atom. The number of hydrogen-bond donors (Lipinski definition) is 2. The Bertz CT molecular complexity index is 1320. The number of Topliss-reactive ketones (excluding diaryl/α,β-unsaturated/α-hetero) is 1. The monoisotopic (exact) mass is 560 g/mol. The van der Waals surface area contributed by atoms with Crippen LogP contribution in [0.4, 0.5) is 8.78 Å². The molecule has 9 heteroatoms. The van der Waals surface area contributed by atoms with Gasteiger partial charge in [0.05, 0.1) is 12.2 Å². The lowest BCUT2D eigenvalue weighted by Crippen LogP contribution is -2.70. The standard InChI is InChI=1S/C30H34F2O6S/c1-27-8-7-15(34)9-20(27)21(31)10-19-18-11-25-30(24(36)13-33,28(18,2)12-23(35)29(19,27)32)38-26(37-25)17-14-39-22-6-4-3-5-16(17)22/h7-9,14,18-19,21,23,25-26,33,35H,3-6,10-13H2,1-2H3/t18-,19-,21-,23-,25+,26+,27-,28-,29-,30+/m0/s1. The molecule has 1 aromatic rings. The molecule has 10 atom stereocenters. The van der Waals surface area contributed by atoms with Crippen LogP contribution in [0.1, 0.15) is 68.2 Å². The number of carbonyl (C=O) groups excluding carboxylic acids is 2. The predicted molar refractivity (Wildman–Crippen MR) is 139 cm³/mol. The second-order valence-corrected chi connectivity index (χ2v) is 13.8. The average molecular weight is 561 g/mol. The van der Waals surface area contributed by atoms with Gasteiger partial charge < -0.3 is 19.7 Å². The number of aryl methyl sites for hydroxylation is 1. The second kappa shape index (κ2) is 8.38. The lowest BCUT2D eigenvalue weighted by molar-refractivity contribution is -0.235. The van der Waals surface area contributed by atoms with Crippen molar-refractivity contribution in [1.29, 1.82) is 0 Å². The topological polar surface area (TPSA) is 93.1 Å². The molecule has 0 unspecified atom stereocenters. The molecule has 1 aliphatic heterocycles. The van der Waals surface area contributed by atoms with E-state index in [1.807, 2.05) is 12.3 Å². The van der Waals surface area contributed by atoms with E-state index in [4.69, 9.17) is 9.47 Å². The number of ketones is 2. The van der Waals surface area contributed by atoms with E-state index < -0.39 is 76.8 Å². The minimum Gasteiger partial charge on any atom is -0.390 e. The van der Waals surface area contributed by atoms with Crippen molar-refractivity contribution in [3.63, 3.8) is 0 Å². The number of allylic oxidation sites excluding steroid dienone is 4. The molecule has 210 valence electrons. The maximum atomic E-state index is 17.5. The van der Waals surface area contributed by atoms with Gasteiger partial charge in [-0.25, -0.2) is 8.78 Å². The molecule has 1 saturated heterocycles. The minimum absolute atomic E-state index is 0.0607. The van der Waals surface area contributed by atoms with Crippen LogP contribution in [0.15, 0.2) is 29.2 Å². The Balaban J connectivity index is 1.31. The first-order valence-corrected chi connectivity index (χ1v) is 14.9. The number of alkyl halides is 2. The van der Waals surface area contributed by atoms with Gasteiger partial charge >= 0.3 is 0 Å². The molecule has 2 heterocycles. The maximum absolute atomic E-state index is 17.5. The molecule has 0 spiro atoms. The van der Waals surface area contributed by atoms with Crippen molar-refractivity contribution in [1.82, 2.24) is 0 Å². The molecule has 0 amide bonds. The lowest BCUT2D eigenvalue weighted by Gasteiger charge is -2.63. The molecule has 5 aliphatic carbocycles. The Labute approximate surface area is 230 Å². The molecule has 0 radical (unpaired) electrons. The molecule has 6 nitrogen and oxygen atoms in total. The van der Waals surface area contributed by atoms with E-state index in [0.717, 1.165) is 31.2 Å². The van der Waals surface area contributed by atoms with Gasteiger partial charge in [-0.2, -0.15) is 0 Å². The summed E-state index contributed by atoms with van der Waals surface area (Å²) < 4.78 is 46.3. The number of aliphatic hydroxyl groups is 2. The first kappa shape index (κ1) is 26.1. The summed E-state index contributed by atoms with van der Waals surface area (Å²) in [5.74, 6) is -2.44. The number of fused-ring (bicyclic) bond motifs is 8. The highest BCUT2D eigenvalue weighted by Gasteiger charge is 2.80. The van der Waals surface area contributed by atoms with Crippen LogP contribution in [0.2, 0.25) is 0 Å². The number of rotatable bonds is 3.